The highest BCUT2D eigenvalue weighted by molar-refractivity contribution is 5.79. The van der Waals surface area contributed by atoms with Crippen LogP contribution in [-0.2, 0) is 17.9 Å². The third-order valence-corrected chi connectivity index (χ3v) is 6.45. The predicted molar refractivity (Wildman–Crippen MR) is 105 cm³/mol. The summed E-state index contributed by atoms with van der Waals surface area (Å²) in [4.78, 5) is 16.9. The fourth-order valence-electron chi connectivity index (χ4n) is 5.03. The first-order chi connectivity index (χ1) is 12.4. The Morgan fingerprint density at radius 3 is 2.46 bits per heavy atom. The smallest absolute Gasteiger partial charge is 0.223 e. The van der Waals surface area contributed by atoms with Crippen LogP contribution in [0.5, 0.6) is 0 Å². The van der Waals surface area contributed by atoms with E-state index >= 15 is 0 Å². The monoisotopic (exact) mass is 358 g/mol. The van der Waals surface area contributed by atoms with Crippen LogP contribution in [0.2, 0.25) is 0 Å². The van der Waals surface area contributed by atoms with E-state index in [4.69, 9.17) is 0 Å². The molecule has 0 unspecified atom stereocenters. The van der Waals surface area contributed by atoms with Gasteiger partial charge in [-0.05, 0) is 74.4 Å². The number of amides is 1. The zero-order chi connectivity index (χ0) is 18.8. The molecule has 0 bridgehead atoms. The Morgan fingerprint density at radius 2 is 1.81 bits per heavy atom. The van der Waals surface area contributed by atoms with Crippen molar-refractivity contribution in [1.29, 1.82) is 0 Å². The number of likely N-dealkylation sites (tertiary alicyclic amines) is 1. The number of carbonyl (C=O) groups excluding carboxylic acids is 1. The molecule has 0 spiro atoms. The molecule has 1 saturated carbocycles. The summed E-state index contributed by atoms with van der Waals surface area (Å²) < 4.78 is 0. The molecule has 1 amide bonds. The molecule has 1 aromatic rings. The molecule has 4 nitrogen and oxygen atoms in total. The Labute approximate surface area is 158 Å². The molecular formula is C22H34N2O2. The van der Waals surface area contributed by atoms with Crippen molar-refractivity contribution in [2.24, 2.45) is 5.92 Å². The van der Waals surface area contributed by atoms with Crippen molar-refractivity contribution in [3.63, 3.8) is 0 Å². The van der Waals surface area contributed by atoms with Gasteiger partial charge in [-0.1, -0.05) is 18.9 Å². The molecule has 26 heavy (non-hydrogen) atoms. The number of carbonyl (C=O) groups is 1. The van der Waals surface area contributed by atoms with Gasteiger partial charge >= 0.3 is 0 Å². The van der Waals surface area contributed by atoms with E-state index in [0.29, 0.717) is 24.3 Å². The van der Waals surface area contributed by atoms with E-state index in [1.807, 2.05) is 0 Å². The van der Waals surface area contributed by atoms with Gasteiger partial charge in [0, 0.05) is 32.1 Å². The zero-order valence-electron chi connectivity index (χ0n) is 16.8. The molecule has 3 rings (SSSR count). The minimum atomic E-state index is 0.0993. The average molecular weight is 359 g/mol. The molecule has 2 aliphatic rings. The molecule has 0 radical (unpaired) electrons. The van der Waals surface area contributed by atoms with Gasteiger partial charge in [0.05, 0.1) is 6.61 Å². The average Bonchev–Trinajstić information content (AvgIpc) is 3.21. The molecule has 1 heterocycles. The van der Waals surface area contributed by atoms with Gasteiger partial charge in [-0.3, -0.25) is 4.79 Å². The maximum atomic E-state index is 12.4. The Bertz CT molecular complexity index is 665. The van der Waals surface area contributed by atoms with Gasteiger partial charge in [0.25, 0.3) is 0 Å². The number of aliphatic hydroxyl groups is 1. The van der Waals surface area contributed by atoms with Crippen molar-refractivity contribution in [1.82, 2.24) is 9.80 Å². The molecule has 2 fully saturated rings. The minimum absolute atomic E-state index is 0.0993. The summed E-state index contributed by atoms with van der Waals surface area (Å²) >= 11 is 0. The lowest BCUT2D eigenvalue weighted by molar-refractivity contribution is -0.129. The molecule has 1 aromatic carbocycles. The van der Waals surface area contributed by atoms with Crippen LogP contribution in [0, 0.1) is 26.7 Å². The molecule has 4 heteroatoms. The first-order valence-corrected chi connectivity index (χ1v) is 10.1. The number of aryl methyl sites for hydroxylation is 2. The predicted octanol–water partition coefficient (Wildman–Crippen LogP) is 3.33. The Morgan fingerprint density at radius 1 is 1.15 bits per heavy atom. The van der Waals surface area contributed by atoms with Crippen molar-refractivity contribution in [3.05, 3.63) is 33.9 Å². The standard InChI is InChI=1S/C22H34N2O2/c1-15-9-16(2)21(14-25)17(3)20(15)13-23(4)11-18-10-22(26)24(12-18)19-7-5-6-8-19/h9,18-19,25H,5-8,10-14H2,1-4H3/t18-/m0/s1. The van der Waals surface area contributed by atoms with Crippen molar-refractivity contribution < 1.29 is 9.90 Å². The van der Waals surface area contributed by atoms with Crippen LogP contribution in [-0.4, -0.2) is 47.0 Å². The van der Waals surface area contributed by atoms with Crippen LogP contribution in [0.15, 0.2) is 6.07 Å². The highest BCUT2D eigenvalue weighted by Gasteiger charge is 2.35. The SMILES string of the molecule is Cc1cc(C)c(CN(C)C[C@@H]2CC(=O)N(C3CCCC3)C2)c(C)c1CO. The quantitative estimate of drug-likeness (QED) is 0.848. The highest BCUT2D eigenvalue weighted by atomic mass is 16.3. The minimum Gasteiger partial charge on any atom is -0.392 e. The maximum absolute atomic E-state index is 12.4. The molecule has 144 valence electrons. The second-order valence-electron chi connectivity index (χ2n) is 8.50. The van der Waals surface area contributed by atoms with E-state index in [9.17, 15) is 9.90 Å². The molecular weight excluding hydrogens is 324 g/mol. The zero-order valence-corrected chi connectivity index (χ0v) is 16.8. The number of rotatable bonds is 6. The molecule has 1 aliphatic heterocycles. The summed E-state index contributed by atoms with van der Waals surface area (Å²) in [6.07, 6.45) is 5.64. The molecule has 0 aromatic heterocycles. The van der Waals surface area contributed by atoms with Gasteiger partial charge in [0.1, 0.15) is 0 Å². The van der Waals surface area contributed by atoms with Crippen molar-refractivity contribution >= 4 is 5.91 Å². The summed E-state index contributed by atoms with van der Waals surface area (Å²) in [5.74, 6) is 0.803. The van der Waals surface area contributed by atoms with Gasteiger partial charge < -0.3 is 14.9 Å². The van der Waals surface area contributed by atoms with Crippen LogP contribution < -0.4 is 0 Å². The largest absolute Gasteiger partial charge is 0.392 e. The van der Waals surface area contributed by atoms with E-state index in [1.165, 1.54) is 47.9 Å². The normalized spacial score (nSPS) is 21.4. The van der Waals surface area contributed by atoms with Gasteiger partial charge in [0.2, 0.25) is 5.91 Å². The molecule has 1 aliphatic carbocycles. The van der Waals surface area contributed by atoms with Crippen molar-refractivity contribution in [2.75, 3.05) is 20.1 Å². The summed E-state index contributed by atoms with van der Waals surface area (Å²) in [7, 11) is 2.15. The number of benzene rings is 1. The second-order valence-corrected chi connectivity index (χ2v) is 8.50. The molecule has 1 atom stereocenters. The van der Waals surface area contributed by atoms with Crippen LogP contribution in [0.4, 0.5) is 0 Å². The van der Waals surface area contributed by atoms with Crippen LogP contribution >= 0.6 is 0 Å². The van der Waals surface area contributed by atoms with E-state index < -0.39 is 0 Å². The first kappa shape index (κ1) is 19.4. The highest BCUT2D eigenvalue weighted by Crippen LogP contribution is 2.30. The fraction of sp³-hybridized carbons (Fsp3) is 0.682. The van der Waals surface area contributed by atoms with Crippen LogP contribution in [0.3, 0.4) is 0 Å². The Balaban J connectivity index is 1.63. The van der Waals surface area contributed by atoms with Crippen molar-refractivity contribution in [2.45, 2.75) is 72.1 Å². The lowest BCUT2D eigenvalue weighted by Crippen LogP contribution is -2.35. The van der Waals surface area contributed by atoms with Gasteiger partial charge in [-0.15, -0.1) is 0 Å². The fourth-order valence-corrected chi connectivity index (χ4v) is 5.03. The number of hydrogen-bond donors (Lipinski definition) is 1. The third kappa shape index (κ3) is 3.96. The van der Waals surface area contributed by atoms with Crippen molar-refractivity contribution in [3.8, 4) is 0 Å². The number of nitrogens with zero attached hydrogens (tertiary/aromatic N) is 2. The van der Waals surface area contributed by atoms with Crippen LogP contribution in [0.1, 0.15) is 59.9 Å². The van der Waals surface area contributed by atoms with Gasteiger partial charge in [-0.2, -0.15) is 0 Å². The Hall–Kier alpha value is -1.39. The lowest BCUT2D eigenvalue weighted by Gasteiger charge is -2.26. The topological polar surface area (TPSA) is 43.8 Å². The van der Waals surface area contributed by atoms with E-state index in [1.54, 1.807) is 0 Å². The number of aliphatic hydroxyl groups excluding tert-OH is 1. The Kier molecular flexibility index (Phi) is 6.03. The van der Waals surface area contributed by atoms with Crippen LogP contribution in [0.25, 0.3) is 0 Å². The van der Waals surface area contributed by atoms with Gasteiger partial charge in [0.15, 0.2) is 0 Å². The summed E-state index contributed by atoms with van der Waals surface area (Å²) in [5.41, 5.74) is 6.05. The molecule has 1 saturated heterocycles. The number of hydrogen-bond acceptors (Lipinski definition) is 3. The maximum Gasteiger partial charge on any atom is 0.223 e. The third-order valence-electron chi connectivity index (χ3n) is 6.45. The van der Waals surface area contributed by atoms with E-state index in [0.717, 1.165) is 25.2 Å². The second kappa shape index (κ2) is 8.10. The van der Waals surface area contributed by atoms with E-state index in [-0.39, 0.29) is 6.61 Å². The summed E-state index contributed by atoms with van der Waals surface area (Å²) in [5, 5.41) is 9.68. The molecule has 1 N–H and O–H groups in total. The lowest BCUT2D eigenvalue weighted by atomic mass is 9.93. The van der Waals surface area contributed by atoms with Gasteiger partial charge in [-0.25, -0.2) is 0 Å². The summed E-state index contributed by atoms with van der Waals surface area (Å²) in [6, 6.07) is 2.69. The first-order valence-electron chi connectivity index (χ1n) is 10.1. The summed E-state index contributed by atoms with van der Waals surface area (Å²) in [6.45, 7) is 9.21. The van der Waals surface area contributed by atoms with E-state index in [2.05, 4.69) is 43.7 Å².